The highest BCUT2D eigenvalue weighted by atomic mass is 19.4. The third-order valence-electron chi connectivity index (χ3n) is 3.22. The maximum atomic E-state index is 13.2. The van der Waals surface area contributed by atoms with Gasteiger partial charge in [-0.25, -0.2) is 8.78 Å². The van der Waals surface area contributed by atoms with E-state index in [-0.39, 0.29) is 17.3 Å². The first-order valence-corrected chi connectivity index (χ1v) is 6.66. The SMILES string of the molecule is CC(c1nc(-c2cc(F)cc(F)c2)no1)n1ccc(C(F)(F)F)n1. The largest absolute Gasteiger partial charge is 0.435 e. The summed E-state index contributed by atoms with van der Waals surface area (Å²) in [5.41, 5.74) is -1.01. The average Bonchev–Trinajstić information content (AvgIpc) is 3.15. The van der Waals surface area contributed by atoms with Crippen LogP contribution in [0.4, 0.5) is 22.0 Å². The fraction of sp³-hybridized carbons (Fsp3) is 0.214. The van der Waals surface area contributed by atoms with Crippen LogP contribution in [-0.4, -0.2) is 19.9 Å². The summed E-state index contributed by atoms with van der Waals surface area (Å²) < 4.78 is 70.1. The smallest absolute Gasteiger partial charge is 0.337 e. The maximum Gasteiger partial charge on any atom is 0.435 e. The molecule has 0 spiro atoms. The van der Waals surface area contributed by atoms with E-state index >= 15 is 0 Å². The second-order valence-electron chi connectivity index (χ2n) is 4.97. The van der Waals surface area contributed by atoms with Crippen molar-refractivity contribution in [3.8, 4) is 11.4 Å². The second-order valence-corrected chi connectivity index (χ2v) is 4.97. The number of halogens is 5. The van der Waals surface area contributed by atoms with Gasteiger partial charge in [0.1, 0.15) is 17.7 Å². The molecule has 2 aromatic heterocycles. The van der Waals surface area contributed by atoms with E-state index in [2.05, 4.69) is 15.2 Å². The molecule has 0 bridgehead atoms. The van der Waals surface area contributed by atoms with Crippen molar-refractivity contribution in [2.45, 2.75) is 19.1 Å². The van der Waals surface area contributed by atoms with Crippen molar-refractivity contribution < 1.29 is 26.5 Å². The Morgan fingerprint density at radius 2 is 1.79 bits per heavy atom. The van der Waals surface area contributed by atoms with E-state index in [4.69, 9.17) is 4.52 Å². The topological polar surface area (TPSA) is 56.7 Å². The van der Waals surface area contributed by atoms with Crippen molar-refractivity contribution in [3.63, 3.8) is 0 Å². The molecule has 0 aliphatic heterocycles. The van der Waals surface area contributed by atoms with Gasteiger partial charge in [-0.3, -0.25) is 4.68 Å². The van der Waals surface area contributed by atoms with Gasteiger partial charge in [-0.05, 0) is 25.1 Å². The lowest BCUT2D eigenvalue weighted by Gasteiger charge is -2.07. The van der Waals surface area contributed by atoms with Crippen LogP contribution in [0, 0.1) is 11.6 Å². The zero-order chi connectivity index (χ0) is 17.5. The zero-order valence-electron chi connectivity index (χ0n) is 12.1. The van der Waals surface area contributed by atoms with Crippen LogP contribution >= 0.6 is 0 Å². The first-order chi connectivity index (χ1) is 11.2. The van der Waals surface area contributed by atoms with Gasteiger partial charge >= 0.3 is 6.18 Å². The first kappa shape index (κ1) is 16.1. The summed E-state index contributed by atoms with van der Waals surface area (Å²) in [7, 11) is 0. The van der Waals surface area contributed by atoms with E-state index in [1.807, 2.05) is 0 Å². The molecule has 0 aliphatic rings. The van der Waals surface area contributed by atoms with Gasteiger partial charge in [0.05, 0.1) is 0 Å². The molecule has 126 valence electrons. The van der Waals surface area contributed by atoms with Gasteiger partial charge in [0, 0.05) is 17.8 Å². The molecule has 3 rings (SSSR count). The van der Waals surface area contributed by atoms with Crippen LogP contribution in [0.1, 0.15) is 24.6 Å². The minimum atomic E-state index is -4.57. The Bertz CT molecular complexity index is 850. The molecule has 1 aromatic carbocycles. The Hall–Kier alpha value is -2.78. The van der Waals surface area contributed by atoms with Gasteiger partial charge in [-0.15, -0.1) is 0 Å². The number of alkyl halides is 3. The highest BCUT2D eigenvalue weighted by Crippen LogP contribution is 2.29. The molecule has 24 heavy (non-hydrogen) atoms. The lowest BCUT2D eigenvalue weighted by Crippen LogP contribution is -2.11. The molecule has 0 amide bonds. The molecular formula is C14H9F5N4O. The van der Waals surface area contributed by atoms with Gasteiger partial charge < -0.3 is 4.52 Å². The van der Waals surface area contributed by atoms with Crippen molar-refractivity contribution in [1.82, 2.24) is 19.9 Å². The lowest BCUT2D eigenvalue weighted by molar-refractivity contribution is -0.141. The summed E-state index contributed by atoms with van der Waals surface area (Å²) >= 11 is 0. The first-order valence-electron chi connectivity index (χ1n) is 6.66. The molecule has 10 heteroatoms. The Labute approximate surface area is 131 Å². The molecule has 1 unspecified atom stereocenters. The Morgan fingerprint density at radius 1 is 1.12 bits per heavy atom. The molecule has 0 N–H and O–H groups in total. The highest BCUT2D eigenvalue weighted by Gasteiger charge is 2.34. The van der Waals surface area contributed by atoms with Crippen molar-refractivity contribution in [3.05, 3.63) is 53.7 Å². The second kappa shape index (κ2) is 5.69. The number of benzene rings is 1. The number of rotatable bonds is 3. The summed E-state index contributed by atoms with van der Waals surface area (Å²) in [6.45, 7) is 1.50. The van der Waals surface area contributed by atoms with Crippen LogP contribution in [0.25, 0.3) is 11.4 Å². The van der Waals surface area contributed by atoms with Crippen LogP contribution in [-0.2, 0) is 6.18 Å². The Balaban J connectivity index is 1.88. The standard InChI is InChI=1S/C14H9F5N4O/c1-7(23-3-2-11(21-23)14(17,18)19)13-20-12(22-24-13)8-4-9(15)6-10(16)5-8/h2-7H,1H3. The van der Waals surface area contributed by atoms with Gasteiger partial charge in [-0.2, -0.15) is 23.3 Å². The summed E-state index contributed by atoms with van der Waals surface area (Å²) in [6.07, 6.45) is -3.44. The van der Waals surface area contributed by atoms with E-state index < -0.39 is 29.5 Å². The van der Waals surface area contributed by atoms with Gasteiger partial charge in [-0.1, -0.05) is 5.16 Å². The predicted molar refractivity (Wildman–Crippen MR) is 70.7 cm³/mol. The zero-order valence-corrected chi connectivity index (χ0v) is 12.1. The van der Waals surface area contributed by atoms with Gasteiger partial charge in [0.25, 0.3) is 5.89 Å². The van der Waals surface area contributed by atoms with E-state index in [0.29, 0.717) is 6.07 Å². The molecular weight excluding hydrogens is 335 g/mol. The molecule has 0 aliphatic carbocycles. The van der Waals surface area contributed by atoms with Crippen molar-refractivity contribution in [2.75, 3.05) is 0 Å². The van der Waals surface area contributed by atoms with E-state index in [1.54, 1.807) is 0 Å². The van der Waals surface area contributed by atoms with Crippen molar-refractivity contribution in [2.24, 2.45) is 0 Å². The van der Waals surface area contributed by atoms with E-state index in [1.165, 1.54) is 6.92 Å². The fourth-order valence-electron chi connectivity index (χ4n) is 2.02. The third-order valence-corrected chi connectivity index (χ3v) is 3.22. The normalized spacial score (nSPS) is 13.2. The molecule has 5 nitrogen and oxygen atoms in total. The molecule has 0 saturated heterocycles. The van der Waals surface area contributed by atoms with Gasteiger partial charge in [0.2, 0.25) is 5.82 Å². The minimum Gasteiger partial charge on any atom is -0.337 e. The quantitative estimate of drug-likeness (QED) is 0.678. The maximum absolute atomic E-state index is 13.2. The van der Waals surface area contributed by atoms with Crippen LogP contribution in [0.3, 0.4) is 0 Å². The number of hydrogen-bond donors (Lipinski definition) is 0. The minimum absolute atomic E-state index is 0.0474. The lowest BCUT2D eigenvalue weighted by atomic mass is 10.2. The van der Waals surface area contributed by atoms with E-state index in [9.17, 15) is 22.0 Å². The van der Waals surface area contributed by atoms with Crippen molar-refractivity contribution in [1.29, 1.82) is 0 Å². The summed E-state index contributed by atoms with van der Waals surface area (Å²) in [5.74, 6) is -1.76. The number of aromatic nitrogens is 4. The monoisotopic (exact) mass is 344 g/mol. The van der Waals surface area contributed by atoms with Crippen LogP contribution in [0.15, 0.2) is 35.0 Å². The Kier molecular flexibility index (Phi) is 3.82. The van der Waals surface area contributed by atoms with Crippen LogP contribution in [0.2, 0.25) is 0 Å². The fourth-order valence-corrected chi connectivity index (χ4v) is 2.02. The molecule has 1 atom stereocenters. The molecule has 3 aromatic rings. The molecule has 0 radical (unpaired) electrons. The average molecular weight is 344 g/mol. The number of hydrogen-bond acceptors (Lipinski definition) is 4. The summed E-state index contributed by atoms with van der Waals surface area (Å²) in [5, 5.41) is 7.00. The Morgan fingerprint density at radius 3 is 2.38 bits per heavy atom. The van der Waals surface area contributed by atoms with Crippen LogP contribution in [0.5, 0.6) is 0 Å². The molecule has 2 heterocycles. The summed E-state index contributed by atoms with van der Waals surface area (Å²) in [4.78, 5) is 3.96. The molecule has 0 fully saturated rings. The van der Waals surface area contributed by atoms with E-state index in [0.717, 1.165) is 29.1 Å². The summed E-state index contributed by atoms with van der Waals surface area (Å²) in [6, 6.07) is 2.74. The van der Waals surface area contributed by atoms with Crippen LogP contribution < -0.4 is 0 Å². The van der Waals surface area contributed by atoms with Crippen molar-refractivity contribution >= 4 is 0 Å². The van der Waals surface area contributed by atoms with Gasteiger partial charge in [0.15, 0.2) is 5.69 Å². The number of nitrogens with zero attached hydrogens (tertiary/aromatic N) is 4. The third kappa shape index (κ3) is 3.12. The highest BCUT2D eigenvalue weighted by molar-refractivity contribution is 5.54. The molecule has 0 saturated carbocycles. The predicted octanol–water partition coefficient (Wildman–Crippen LogP) is 3.84.